The predicted octanol–water partition coefficient (Wildman–Crippen LogP) is 6.37. The lowest BCUT2D eigenvalue weighted by Crippen LogP contribution is -2.42. The number of aryl methyl sites for hydroxylation is 1. The zero-order chi connectivity index (χ0) is 30.0. The molecule has 0 atom stereocenters. The number of halogens is 6. The average molecular weight is 569 g/mol. The molecule has 40 heavy (non-hydrogen) atoms. The quantitative estimate of drug-likeness (QED) is 0.296. The SMILES string of the molecule is Cc1ccccc1-c1nc(OCCN(C)C)ncc1N(C)C(=O)C(C)(C)c1cc(C(F)(F)F)cc(C(F)(F)F)c1. The van der Waals surface area contributed by atoms with Crippen molar-refractivity contribution in [2.45, 2.75) is 38.5 Å². The van der Waals surface area contributed by atoms with Gasteiger partial charge in [-0.25, -0.2) is 4.98 Å². The number of benzene rings is 2. The first-order valence-electron chi connectivity index (χ1n) is 12.2. The van der Waals surface area contributed by atoms with E-state index in [-0.39, 0.29) is 17.8 Å². The van der Waals surface area contributed by atoms with Gasteiger partial charge in [0.15, 0.2) is 0 Å². The van der Waals surface area contributed by atoms with Crippen LogP contribution in [-0.4, -0.2) is 55.1 Å². The summed E-state index contributed by atoms with van der Waals surface area (Å²) in [7, 11) is 5.11. The van der Waals surface area contributed by atoms with Crippen molar-refractivity contribution in [1.82, 2.24) is 14.9 Å². The van der Waals surface area contributed by atoms with Gasteiger partial charge in [0.25, 0.3) is 0 Å². The standard InChI is InChI=1S/C28H30F6N4O2/c1-17-9-7-8-10-21(17)23-22(16-35-25(36-23)40-12-11-37(4)5)38(6)24(39)26(2,3)18-13-19(27(29,30)31)15-20(14-18)28(32,33)34/h7-10,13-16H,11-12H2,1-6H3. The van der Waals surface area contributed by atoms with Gasteiger partial charge in [0, 0.05) is 19.2 Å². The lowest BCUT2D eigenvalue weighted by molar-refractivity contribution is -0.143. The first kappa shape index (κ1) is 30.9. The summed E-state index contributed by atoms with van der Waals surface area (Å²) in [5.41, 5.74) is -3.24. The summed E-state index contributed by atoms with van der Waals surface area (Å²) in [5, 5.41) is 0. The molecule has 12 heteroatoms. The first-order valence-corrected chi connectivity index (χ1v) is 12.2. The van der Waals surface area contributed by atoms with Gasteiger partial charge in [-0.15, -0.1) is 0 Å². The molecule has 0 unspecified atom stereocenters. The van der Waals surface area contributed by atoms with E-state index in [0.29, 0.717) is 36.5 Å². The van der Waals surface area contributed by atoms with Gasteiger partial charge in [0.1, 0.15) is 12.3 Å². The molecule has 1 heterocycles. The van der Waals surface area contributed by atoms with E-state index in [9.17, 15) is 31.1 Å². The van der Waals surface area contributed by atoms with Crippen LogP contribution in [-0.2, 0) is 22.6 Å². The molecule has 3 rings (SSSR count). The minimum atomic E-state index is -5.05. The predicted molar refractivity (Wildman–Crippen MR) is 139 cm³/mol. The topological polar surface area (TPSA) is 58.6 Å². The van der Waals surface area contributed by atoms with Gasteiger partial charge in [-0.2, -0.15) is 31.3 Å². The number of hydrogen-bond donors (Lipinski definition) is 0. The number of carbonyl (C=O) groups is 1. The summed E-state index contributed by atoms with van der Waals surface area (Å²) in [6, 6.07) is 8.43. The molecule has 0 aliphatic carbocycles. The Morgan fingerprint density at radius 2 is 1.45 bits per heavy atom. The number of alkyl halides is 6. The van der Waals surface area contributed by atoms with E-state index in [1.165, 1.54) is 27.1 Å². The number of anilines is 1. The molecule has 0 saturated carbocycles. The summed E-state index contributed by atoms with van der Waals surface area (Å²) >= 11 is 0. The number of nitrogens with zero attached hydrogens (tertiary/aromatic N) is 4. The minimum absolute atomic E-state index is 0.0346. The smallest absolute Gasteiger partial charge is 0.416 e. The van der Waals surface area contributed by atoms with E-state index in [1.54, 1.807) is 12.1 Å². The molecule has 0 bridgehead atoms. The molecule has 0 radical (unpaired) electrons. The molecule has 0 fully saturated rings. The Labute approximate surface area is 228 Å². The highest BCUT2D eigenvalue weighted by atomic mass is 19.4. The lowest BCUT2D eigenvalue weighted by atomic mass is 9.81. The summed E-state index contributed by atoms with van der Waals surface area (Å²) in [6.07, 6.45) is -8.74. The normalized spacial score (nSPS) is 12.5. The van der Waals surface area contributed by atoms with Crippen molar-refractivity contribution in [3.63, 3.8) is 0 Å². The van der Waals surface area contributed by atoms with Crippen molar-refractivity contribution < 1.29 is 35.9 Å². The highest BCUT2D eigenvalue weighted by Gasteiger charge is 2.41. The molecule has 216 valence electrons. The number of hydrogen-bond acceptors (Lipinski definition) is 5. The van der Waals surface area contributed by atoms with E-state index < -0.39 is 40.4 Å². The number of carbonyl (C=O) groups excluding carboxylic acids is 1. The Morgan fingerprint density at radius 1 is 0.900 bits per heavy atom. The van der Waals surface area contributed by atoms with Gasteiger partial charge >= 0.3 is 18.4 Å². The van der Waals surface area contributed by atoms with Gasteiger partial charge in [-0.05, 0) is 64.2 Å². The second-order valence-corrected chi connectivity index (χ2v) is 10.1. The zero-order valence-corrected chi connectivity index (χ0v) is 22.9. The second-order valence-electron chi connectivity index (χ2n) is 10.1. The van der Waals surface area contributed by atoms with Crippen LogP contribution in [0, 0.1) is 6.92 Å². The molecule has 1 amide bonds. The van der Waals surface area contributed by atoms with E-state index in [2.05, 4.69) is 9.97 Å². The van der Waals surface area contributed by atoms with Gasteiger partial charge in [0.05, 0.1) is 28.4 Å². The van der Waals surface area contributed by atoms with E-state index in [4.69, 9.17) is 4.74 Å². The van der Waals surface area contributed by atoms with Gasteiger partial charge in [-0.3, -0.25) is 4.79 Å². The van der Waals surface area contributed by atoms with Crippen molar-refractivity contribution in [3.05, 3.63) is 70.9 Å². The van der Waals surface area contributed by atoms with Crippen molar-refractivity contribution in [2.75, 3.05) is 39.2 Å². The maximum absolute atomic E-state index is 13.8. The zero-order valence-electron chi connectivity index (χ0n) is 22.9. The van der Waals surface area contributed by atoms with Crippen molar-refractivity contribution in [2.24, 2.45) is 0 Å². The van der Waals surface area contributed by atoms with Crippen molar-refractivity contribution in [3.8, 4) is 17.3 Å². The third-order valence-electron chi connectivity index (χ3n) is 6.43. The van der Waals surface area contributed by atoms with Crippen LogP contribution < -0.4 is 9.64 Å². The molecule has 3 aromatic rings. The fourth-order valence-electron chi connectivity index (χ4n) is 4.00. The third-order valence-corrected chi connectivity index (χ3v) is 6.43. The number of aromatic nitrogens is 2. The Morgan fingerprint density at radius 3 is 1.98 bits per heavy atom. The molecule has 2 aromatic carbocycles. The monoisotopic (exact) mass is 568 g/mol. The number of likely N-dealkylation sites (N-methyl/N-ethyl adjacent to an activating group) is 2. The van der Waals surface area contributed by atoms with Gasteiger partial charge in [-0.1, -0.05) is 24.3 Å². The number of rotatable bonds is 8. The molecule has 6 nitrogen and oxygen atoms in total. The van der Waals surface area contributed by atoms with Crippen LogP contribution in [0.1, 0.15) is 36.1 Å². The first-order chi connectivity index (χ1) is 18.4. The summed E-state index contributed by atoms with van der Waals surface area (Å²) in [4.78, 5) is 25.5. The molecule has 1 aromatic heterocycles. The van der Waals surface area contributed by atoms with Crippen LogP contribution in [0.15, 0.2) is 48.7 Å². The largest absolute Gasteiger partial charge is 0.462 e. The fraction of sp³-hybridized carbons (Fsp3) is 0.393. The Kier molecular flexibility index (Phi) is 8.83. The van der Waals surface area contributed by atoms with Gasteiger partial charge < -0.3 is 14.5 Å². The Bertz CT molecular complexity index is 1340. The van der Waals surface area contributed by atoms with Crippen LogP contribution >= 0.6 is 0 Å². The molecule has 0 spiro atoms. The maximum atomic E-state index is 13.8. The van der Waals surface area contributed by atoms with E-state index >= 15 is 0 Å². The Balaban J connectivity index is 2.10. The summed E-state index contributed by atoms with van der Waals surface area (Å²) < 4.78 is 86.7. The minimum Gasteiger partial charge on any atom is -0.462 e. The van der Waals surface area contributed by atoms with Crippen molar-refractivity contribution in [1.29, 1.82) is 0 Å². The lowest BCUT2D eigenvalue weighted by Gasteiger charge is -2.31. The summed E-state index contributed by atoms with van der Waals surface area (Å²) in [6.45, 7) is 5.26. The molecular weight excluding hydrogens is 538 g/mol. The average Bonchev–Trinajstić information content (AvgIpc) is 2.86. The second kappa shape index (κ2) is 11.4. The molecular formula is C28H30F6N4O2. The Hall–Kier alpha value is -3.67. The van der Waals surface area contributed by atoms with Crippen molar-refractivity contribution >= 4 is 11.6 Å². The van der Waals surface area contributed by atoms with Crippen LogP contribution in [0.2, 0.25) is 0 Å². The maximum Gasteiger partial charge on any atom is 0.416 e. The van der Waals surface area contributed by atoms with Crippen LogP contribution in [0.25, 0.3) is 11.3 Å². The number of amides is 1. The van der Waals surface area contributed by atoms with Gasteiger partial charge in [0.2, 0.25) is 5.91 Å². The van der Waals surface area contributed by atoms with Crippen LogP contribution in [0.5, 0.6) is 6.01 Å². The van der Waals surface area contributed by atoms with Crippen LogP contribution in [0.4, 0.5) is 32.0 Å². The van der Waals surface area contributed by atoms with E-state index in [0.717, 1.165) is 10.5 Å². The van der Waals surface area contributed by atoms with Crippen LogP contribution in [0.3, 0.4) is 0 Å². The van der Waals surface area contributed by atoms with E-state index in [1.807, 2.05) is 38.1 Å². The summed E-state index contributed by atoms with van der Waals surface area (Å²) in [5.74, 6) is -0.764. The molecule has 0 N–H and O–H groups in total. The molecule has 0 saturated heterocycles. The highest BCUT2D eigenvalue weighted by Crippen LogP contribution is 2.40. The number of ether oxygens (including phenoxy) is 1. The highest BCUT2D eigenvalue weighted by molar-refractivity contribution is 6.02. The molecule has 0 aliphatic heterocycles. The fourth-order valence-corrected chi connectivity index (χ4v) is 4.00. The third kappa shape index (κ3) is 6.90. The molecule has 0 aliphatic rings.